The molecule has 1 aromatic carbocycles. The van der Waals surface area contributed by atoms with Gasteiger partial charge in [0.1, 0.15) is 0 Å². The Hall–Kier alpha value is -3.48. The van der Waals surface area contributed by atoms with Gasteiger partial charge < -0.3 is 9.88 Å². The summed E-state index contributed by atoms with van der Waals surface area (Å²) in [5.74, 6) is 0.284. The lowest BCUT2D eigenvalue weighted by Crippen LogP contribution is -2.25. The Morgan fingerprint density at radius 1 is 1.17 bits per heavy atom. The van der Waals surface area contributed by atoms with E-state index in [1.165, 1.54) is 0 Å². The molecule has 4 rings (SSSR count). The molecule has 0 saturated carbocycles. The second kappa shape index (κ2) is 8.90. The van der Waals surface area contributed by atoms with Gasteiger partial charge in [-0.2, -0.15) is 5.10 Å². The number of carbonyl (C=O) groups excluding carboxylic acids is 1. The Morgan fingerprint density at radius 2 is 2.00 bits per heavy atom. The topological polar surface area (TPSA) is 77.1 Å². The molecule has 0 aliphatic carbocycles. The molecule has 0 aliphatic rings. The van der Waals surface area contributed by atoms with Crippen LogP contribution in [0, 0.1) is 5.92 Å². The number of aryl methyl sites for hydroxylation is 1. The zero-order valence-corrected chi connectivity index (χ0v) is 17.3. The highest BCUT2D eigenvalue weighted by Crippen LogP contribution is 2.21. The Kier molecular flexibility index (Phi) is 5.88. The summed E-state index contributed by atoms with van der Waals surface area (Å²) in [6.07, 6.45) is 7.12. The van der Waals surface area contributed by atoms with Crippen molar-refractivity contribution in [1.82, 2.24) is 29.5 Å². The largest absolute Gasteiger partial charge is 0.351 e. The van der Waals surface area contributed by atoms with Gasteiger partial charge in [-0.3, -0.25) is 4.79 Å². The van der Waals surface area contributed by atoms with Crippen LogP contribution in [0.4, 0.5) is 0 Å². The summed E-state index contributed by atoms with van der Waals surface area (Å²) in [4.78, 5) is 21.4. The van der Waals surface area contributed by atoms with Gasteiger partial charge in [0.05, 0.1) is 12.0 Å². The smallest absolute Gasteiger partial charge is 0.271 e. The van der Waals surface area contributed by atoms with E-state index in [-0.39, 0.29) is 5.91 Å². The number of amides is 1. The molecule has 0 bridgehead atoms. The highest BCUT2D eigenvalue weighted by Gasteiger charge is 2.15. The number of fused-ring (bicyclic) bond motifs is 1. The van der Waals surface area contributed by atoms with Crippen LogP contribution < -0.4 is 5.32 Å². The molecule has 0 atom stereocenters. The van der Waals surface area contributed by atoms with Crippen LogP contribution in [0.1, 0.15) is 36.5 Å². The zero-order valence-electron chi connectivity index (χ0n) is 17.3. The van der Waals surface area contributed by atoms with Gasteiger partial charge in [-0.25, -0.2) is 14.5 Å². The van der Waals surface area contributed by atoms with Crippen molar-refractivity contribution in [2.45, 2.75) is 33.2 Å². The van der Waals surface area contributed by atoms with E-state index >= 15 is 0 Å². The number of hydrogen-bond acceptors (Lipinski definition) is 4. The molecule has 1 N–H and O–H groups in total. The lowest BCUT2D eigenvalue weighted by atomic mass is 10.1. The molecular weight excluding hydrogens is 376 g/mol. The predicted molar refractivity (Wildman–Crippen MR) is 116 cm³/mol. The monoisotopic (exact) mass is 402 g/mol. The molecule has 4 aromatic rings. The summed E-state index contributed by atoms with van der Waals surface area (Å²) in [6.45, 7) is 5.73. The van der Waals surface area contributed by atoms with Crippen molar-refractivity contribution in [2.75, 3.05) is 6.54 Å². The fourth-order valence-corrected chi connectivity index (χ4v) is 3.44. The van der Waals surface area contributed by atoms with Crippen molar-refractivity contribution in [3.63, 3.8) is 0 Å². The first-order valence-electron chi connectivity index (χ1n) is 10.3. The number of nitrogens with one attached hydrogen (secondary N) is 1. The van der Waals surface area contributed by atoms with E-state index in [4.69, 9.17) is 4.98 Å². The quantitative estimate of drug-likeness (QED) is 0.457. The molecule has 154 valence electrons. The van der Waals surface area contributed by atoms with Crippen LogP contribution in [-0.2, 0) is 13.0 Å². The summed E-state index contributed by atoms with van der Waals surface area (Å²) in [6, 6.07) is 13.9. The number of benzene rings is 1. The third-order valence-corrected chi connectivity index (χ3v) is 4.86. The van der Waals surface area contributed by atoms with E-state index in [1.54, 1.807) is 23.1 Å². The zero-order chi connectivity index (χ0) is 20.9. The van der Waals surface area contributed by atoms with Gasteiger partial charge in [0.2, 0.25) is 0 Å². The maximum absolute atomic E-state index is 12.6. The third-order valence-electron chi connectivity index (χ3n) is 4.86. The molecule has 3 aromatic heterocycles. The fourth-order valence-electron chi connectivity index (χ4n) is 3.44. The molecule has 7 nitrogen and oxygen atoms in total. The van der Waals surface area contributed by atoms with Gasteiger partial charge in [0.15, 0.2) is 11.3 Å². The van der Waals surface area contributed by atoms with E-state index in [0.717, 1.165) is 36.3 Å². The number of hydrogen-bond donors (Lipinski definition) is 1. The third kappa shape index (κ3) is 4.56. The molecule has 30 heavy (non-hydrogen) atoms. The highest BCUT2D eigenvalue weighted by atomic mass is 16.1. The van der Waals surface area contributed by atoms with Crippen LogP contribution in [0.2, 0.25) is 0 Å². The fraction of sp³-hybridized carbons (Fsp3) is 0.304. The number of rotatable bonds is 8. The van der Waals surface area contributed by atoms with Crippen LogP contribution in [0.5, 0.6) is 0 Å². The lowest BCUT2D eigenvalue weighted by Gasteiger charge is -2.10. The summed E-state index contributed by atoms with van der Waals surface area (Å²) < 4.78 is 3.79. The Morgan fingerprint density at radius 3 is 2.73 bits per heavy atom. The average molecular weight is 403 g/mol. The molecule has 0 aliphatic heterocycles. The Labute approximate surface area is 175 Å². The van der Waals surface area contributed by atoms with E-state index in [2.05, 4.69) is 35.3 Å². The maximum Gasteiger partial charge on any atom is 0.271 e. The van der Waals surface area contributed by atoms with Crippen molar-refractivity contribution in [3.05, 3.63) is 72.6 Å². The molecule has 0 radical (unpaired) electrons. The summed E-state index contributed by atoms with van der Waals surface area (Å²) in [5, 5.41) is 7.51. The first-order valence-corrected chi connectivity index (χ1v) is 10.3. The second-order valence-corrected chi connectivity index (χ2v) is 7.81. The summed E-state index contributed by atoms with van der Waals surface area (Å²) in [5.41, 5.74) is 4.08. The number of aromatic nitrogens is 5. The first-order chi connectivity index (χ1) is 14.6. The van der Waals surface area contributed by atoms with Gasteiger partial charge >= 0.3 is 0 Å². The first kappa shape index (κ1) is 19.8. The van der Waals surface area contributed by atoms with Crippen LogP contribution >= 0.6 is 0 Å². The molecule has 1 amide bonds. The minimum absolute atomic E-state index is 0.178. The average Bonchev–Trinajstić information content (AvgIpc) is 3.41. The van der Waals surface area contributed by atoms with Gasteiger partial charge in [-0.1, -0.05) is 44.2 Å². The van der Waals surface area contributed by atoms with Crippen LogP contribution in [0.25, 0.3) is 16.9 Å². The molecular formula is C23H26N6O. The second-order valence-electron chi connectivity index (χ2n) is 7.81. The van der Waals surface area contributed by atoms with Crippen LogP contribution in [-0.4, -0.2) is 36.6 Å². The van der Waals surface area contributed by atoms with E-state index in [9.17, 15) is 4.79 Å². The standard InChI is InChI=1S/C23H26N6O/c1-17(2)13-19-14-20(18-7-4-3-5-8-18)26-22-15-21(27-29(19)22)23(30)25-9-6-11-28-12-10-24-16-28/h3-5,7-8,10,12,14-17H,6,9,11,13H2,1-2H3,(H,25,30). The van der Waals surface area contributed by atoms with Crippen molar-refractivity contribution in [3.8, 4) is 11.3 Å². The minimum Gasteiger partial charge on any atom is -0.351 e. The lowest BCUT2D eigenvalue weighted by molar-refractivity contribution is 0.0947. The number of imidazole rings is 1. The molecule has 0 fully saturated rings. The maximum atomic E-state index is 12.6. The van der Waals surface area contributed by atoms with Gasteiger partial charge in [-0.15, -0.1) is 0 Å². The van der Waals surface area contributed by atoms with Crippen molar-refractivity contribution in [2.24, 2.45) is 5.92 Å². The molecule has 3 heterocycles. The number of nitrogens with zero attached hydrogens (tertiary/aromatic N) is 5. The van der Waals surface area contributed by atoms with Crippen molar-refractivity contribution in [1.29, 1.82) is 0 Å². The van der Waals surface area contributed by atoms with Gasteiger partial charge in [0.25, 0.3) is 5.91 Å². The van der Waals surface area contributed by atoms with Gasteiger partial charge in [-0.05, 0) is 24.8 Å². The van der Waals surface area contributed by atoms with Crippen LogP contribution in [0.15, 0.2) is 61.2 Å². The van der Waals surface area contributed by atoms with Crippen LogP contribution in [0.3, 0.4) is 0 Å². The highest BCUT2D eigenvalue weighted by molar-refractivity contribution is 5.93. The van der Waals surface area contributed by atoms with E-state index in [1.807, 2.05) is 41.1 Å². The summed E-state index contributed by atoms with van der Waals surface area (Å²) in [7, 11) is 0. The molecule has 0 spiro atoms. The molecule has 0 unspecified atom stereocenters. The van der Waals surface area contributed by atoms with E-state index < -0.39 is 0 Å². The molecule has 0 saturated heterocycles. The minimum atomic E-state index is -0.178. The number of carbonyl (C=O) groups is 1. The normalized spacial score (nSPS) is 11.3. The van der Waals surface area contributed by atoms with Crippen molar-refractivity contribution < 1.29 is 4.79 Å². The molecule has 7 heteroatoms. The van der Waals surface area contributed by atoms with Gasteiger partial charge in [0, 0.05) is 42.8 Å². The van der Waals surface area contributed by atoms with E-state index in [0.29, 0.717) is 23.8 Å². The SMILES string of the molecule is CC(C)Cc1cc(-c2ccccc2)nc2cc(C(=O)NCCCn3ccnc3)nn12. The summed E-state index contributed by atoms with van der Waals surface area (Å²) >= 11 is 0. The Balaban J connectivity index is 1.54. The predicted octanol–water partition coefficient (Wildman–Crippen LogP) is 3.61. The van der Waals surface area contributed by atoms with Crippen molar-refractivity contribution >= 4 is 11.6 Å². The Bertz CT molecular complexity index is 1120.